The third kappa shape index (κ3) is 6.04. The number of nitrogens with zero attached hydrogens (tertiary/aromatic N) is 1. The first-order valence-electron chi connectivity index (χ1n) is 7.90. The first-order valence-corrected chi connectivity index (χ1v) is 8.78. The number of carbonyl (C=O) groups is 3. The second-order valence-corrected chi connectivity index (χ2v) is 6.54. The van der Waals surface area contributed by atoms with Crippen molar-refractivity contribution in [3.8, 4) is 0 Å². The lowest BCUT2D eigenvalue weighted by Crippen LogP contribution is -2.38. The fourth-order valence-corrected chi connectivity index (χ4v) is 3.04. The number of nitrogens with one attached hydrogen (secondary N) is 2. The molecule has 0 bridgehead atoms. The van der Waals surface area contributed by atoms with E-state index in [9.17, 15) is 14.4 Å². The van der Waals surface area contributed by atoms with Crippen molar-refractivity contribution < 1.29 is 14.4 Å². The minimum Gasteiger partial charge on any atom is -0.354 e. The smallest absolute Gasteiger partial charge is 0.225 e. The van der Waals surface area contributed by atoms with E-state index in [4.69, 9.17) is 0 Å². The van der Waals surface area contributed by atoms with Crippen LogP contribution >= 0.6 is 11.3 Å². The number of carbonyl (C=O) groups excluding carboxylic acids is 3. The Balaban J connectivity index is 1.88. The standard InChI is InChI=1S/C18H21N3O3S/c1-13(22)20-15-5-7-16(8-6-15)21(14(2)23)10-9-19-18(24)12-17-4-3-11-25-17/h3-8,11H,9-10,12H2,1-2H3,(H,19,24)(H,20,22). The molecule has 1 aromatic heterocycles. The van der Waals surface area contributed by atoms with Crippen LogP contribution in [0.15, 0.2) is 41.8 Å². The minimum absolute atomic E-state index is 0.0630. The van der Waals surface area contributed by atoms with Crippen molar-refractivity contribution in [2.75, 3.05) is 23.3 Å². The van der Waals surface area contributed by atoms with Crippen LogP contribution in [-0.2, 0) is 20.8 Å². The summed E-state index contributed by atoms with van der Waals surface area (Å²) in [4.78, 5) is 37.4. The molecular formula is C18H21N3O3S. The molecule has 0 atom stereocenters. The Kier molecular flexibility index (Phi) is 6.71. The van der Waals surface area contributed by atoms with Gasteiger partial charge in [0.1, 0.15) is 0 Å². The van der Waals surface area contributed by atoms with Gasteiger partial charge in [0.15, 0.2) is 0 Å². The molecule has 132 valence electrons. The first kappa shape index (κ1) is 18.7. The van der Waals surface area contributed by atoms with Crippen molar-refractivity contribution >= 4 is 40.4 Å². The molecule has 1 heterocycles. The lowest BCUT2D eigenvalue weighted by Gasteiger charge is -2.21. The molecule has 2 rings (SSSR count). The van der Waals surface area contributed by atoms with E-state index >= 15 is 0 Å². The quantitative estimate of drug-likeness (QED) is 0.797. The highest BCUT2D eigenvalue weighted by atomic mass is 32.1. The van der Waals surface area contributed by atoms with Gasteiger partial charge in [-0.1, -0.05) is 6.07 Å². The summed E-state index contributed by atoms with van der Waals surface area (Å²) < 4.78 is 0. The molecule has 25 heavy (non-hydrogen) atoms. The second-order valence-electron chi connectivity index (χ2n) is 5.50. The van der Waals surface area contributed by atoms with Crippen molar-refractivity contribution in [2.45, 2.75) is 20.3 Å². The summed E-state index contributed by atoms with van der Waals surface area (Å²) in [7, 11) is 0. The van der Waals surface area contributed by atoms with E-state index in [0.717, 1.165) is 4.88 Å². The number of rotatable bonds is 7. The number of anilines is 2. The van der Waals surface area contributed by atoms with Crippen LogP contribution in [0.25, 0.3) is 0 Å². The third-order valence-electron chi connectivity index (χ3n) is 3.45. The molecule has 0 fully saturated rings. The van der Waals surface area contributed by atoms with Gasteiger partial charge in [0.05, 0.1) is 6.42 Å². The van der Waals surface area contributed by atoms with Crippen molar-refractivity contribution in [2.24, 2.45) is 0 Å². The lowest BCUT2D eigenvalue weighted by atomic mass is 10.2. The van der Waals surface area contributed by atoms with E-state index in [1.807, 2.05) is 17.5 Å². The Hall–Kier alpha value is -2.67. The Labute approximate surface area is 150 Å². The topological polar surface area (TPSA) is 78.5 Å². The Morgan fingerprint density at radius 2 is 1.80 bits per heavy atom. The normalized spacial score (nSPS) is 10.2. The van der Waals surface area contributed by atoms with Gasteiger partial charge in [0.25, 0.3) is 0 Å². The molecule has 6 nitrogen and oxygen atoms in total. The van der Waals surface area contributed by atoms with Crippen molar-refractivity contribution in [1.82, 2.24) is 5.32 Å². The van der Waals surface area contributed by atoms with Crippen LogP contribution < -0.4 is 15.5 Å². The van der Waals surface area contributed by atoms with E-state index in [0.29, 0.717) is 30.9 Å². The molecule has 0 saturated heterocycles. The number of thiophene rings is 1. The number of amides is 3. The molecule has 3 amide bonds. The summed E-state index contributed by atoms with van der Waals surface area (Å²) in [5.74, 6) is -0.323. The molecule has 1 aromatic carbocycles. The summed E-state index contributed by atoms with van der Waals surface area (Å²) in [5, 5.41) is 7.45. The average Bonchev–Trinajstić information content (AvgIpc) is 3.04. The van der Waals surface area contributed by atoms with Crippen molar-refractivity contribution in [3.63, 3.8) is 0 Å². The molecule has 0 aliphatic rings. The largest absolute Gasteiger partial charge is 0.354 e. The highest BCUT2D eigenvalue weighted by molar-refractivity contribution is 7.10. The van der Waals surface area contributed by atoms with Crippen LogP contribution in [0.3, 0.4) is 0 Å². The maximum atomic E-state index is 11.9. The van der Waals surface area contributed by atoms with Crippen LogP contribution in [-0.4, -0.2) is 30.8 Å². The predicted octanol–water partition coefficient (Wildman–Crippen LogP) is 2.42. The second kappa shape index (κ2) is 8.98. The van der Waals surface area contributed by atoms with Gasteiger partial charge in [-0.3, -0.25) is 14.4 Å². The van der Waals surface area contributed by atoms with Gasteiger partial charge in [0, 0.05) is 43.2 Å². The van der Waals surface area contributed by atoms with E-state index in [2.05, 4.69) is 10.6 Å². The summed E-state index contributed by atoms with van der Waals surface area (Å²) in [6.07, 6.45) is 0.350. The van der Waals surface area contributed by atoms with Crippen molar-refractivity contribution in [3.05, 3.63) is 46.7 Å². The number of benzene rings is 1. The first-order chi connectivity index (χ1) is 12.0. The third-order valence-corrected chi connectivity index (χ3v) is 4.33. The Morgan fingerprint density at radius 1 is 1.08 bits per heavy atom. The van der Waals surface area contributed by atoms with Crippen LogP contribution in [0, 0.1) is 0 Å². The van der Waals surface area contributed by atoms with E-state index in [-0.39, 0.29) is 17.7 Å². The van der Waals surface area contributed by atoms with Gasteiger partial charge < -0.3 is 15.5 Å². The monoisotopic (exact) mass is 359 g/mol. The number of hydrogen-bond acceptors (Lipinski definition) is 4. The molecule has 0 spiro atoms. The van der Waals surface area contributed by atoms with E-state index in [1.165, 1.54) is 13.8 Å². The Bertz CT molecular complexity index is 727. The molecule has 0 unspecified atom stereocenters. The molecule has 0 saturated carbocycles. The molecular weight excluding hydrogens is 338 g/mol. The molecule has 2 N–H and O–H groups in total. The predicted molar refractivity (Wildman–Crippen MR) is 99.8 cm³/mol. The molecule has 2 aromatic rings. The Morgan fingerprint density at radius 3 is 2.36 bits per heavy atom. The zero-order chi connectivity index (χ0) is 18.2. The van der Waals surface area contributed by atoms with E-state index in [1.54, 1.807) is 40.5 Å². The average molecular weight is 359 g/mol. The van der Waals surface area contributed by atoms with Gasteiger partial charge in [-0.15, -0.1) is 11.3 Å². The highest BCUT2D eigenvalue weighted by Crippen LogP contribution is 2.18. The highest BCUT2D eigenvalue weighted by Gasteiger charge is 2.12. The van der Waals surface area contributed by atoms with Gasteiger partial charge in [0.2, 0.25) is 17.7 Å². The van der Waals surface area contributed by atoms with Crippen molar-refractivity contribution in [1.29, 1.82) is 0 Å². The lowest BCUT2D eigenvalue weighted by molar-refractivity contribution is -0.121. The van der Waals surface area contributed by atoms with Crippen LogP contribution in [0.5, 0.6) is 0 Å². The van der Waals surface area contributed by atoms with Crippen LogP contribution in [0.1, 0.15) is 18.7 Å². The summed E-state index contributed by atoms with van der Waals surface area (Å²) in [5.41, 5.74) is 1.39. The summed E-state index contributed by atoms with van der Waals surface area (Å²) in [6, 6.07) is 10.8. The molecule has 0 aliphatic heterocycles. The van der Waals surface area contributed by atoms with Gasteiger partial charge in [-0.25, -0.2) is 0 Å². The SMILES string of the molecule is CC(=O)Nc1ccc(N(CCNC(=O)Cc2cccs2)C(C)=O)cc1. The maximum absolute atomic E-state index is 11.9. The van der Waals surface area contributed by atoms with Gasteiger partial charge in [-0.2, -0.15) is 0 Å². The molecule has 0 aliphatic carbocycles. The zero-order valence-corrected chi connectivity index (χ0v) is 15.1. The maximum Gasteiger partial charge on any atom is 0.225 e. The fraction of sp³-hybridized carbons (Fsp3) is 0.278. The fourth-order valence-electron chi connectivity index (χ4n) is 2.34. The molecule has 7 heteroatoms. The van der Waals surface area contributed by atoms with Crippen LogP contribution in [0.4, 0.5) is 11.4 Å². The summed E-state index contributed by atoms with van der Waals surface area (Å²) in [6.45, 7) is 3.67. The summed E-state index contributed by atoms with van der Waals surface area (Å²) >= 11 is 1.54. The number of hydrogen-bond donors (Lipinski definition) is 2. The van der Waals surface area contributed by atoms with Gasteiger partial charge >= 0.3 is 0 Å². The van der Waals surface area contributed by atoms with E-state index < -0.39 is 0 Å². The van der Waals surface area contributed by atoms with Gasteiger partial charge in [-0.05, 0) is 35.7 Å². The minimum atomic E-state index is -0.148. The molecule has 0 radical (unpaired) electrons. The van der Waals surface area contributed by atoms with Crippen LogP contribution in [0.2, 0.25) is 0 Å². The zero-order valence-electron chi connectivity index (χ0n) is 14.2.